The largest absolute Gasteiger partial charge is 0.534 e. The van der Waals surface area contributed by atoms with Gasteiger partial charge in [-0.1, -0.05) is 66.2 Å². The van der Waals surface area contributed by atoms with Crippen molar-refractivity contribution in [2.24, 2.45) is 0 Å². The smallest absolute Gasteiger partial charge is 0.387 e. The molecular formula is C31H29ClF3NO6S2. The Morgan fingerprint density at radius 1 is 0.795 bits per heavy atom. The van der Waals surface area contributed by atoms with Gasteiger partial charge in [0, 0.05) is 18.1 Å². The zero-order valence-corrected chi connectivity index (χ0v) is 25.6. The van der Waals surface area contributed by atoms with Crippen molar-refractivity contribution in [1.82, 2.24) is 4.90 Å². The van der Waals surface area contributed by atoms with E-state index in [0.717, 1.165) is 47.4 Å². The summed E-state index contributed by atoms with van der Waals surface area (Å²) >= 11 is 6.10. The van der Waals surface area contributed by atoms with E-state index in [9.17, 15) is 35.1 Å². The first-order chi connectivity index (χ1) is 20.7. The quantitative estimate of drug-likeness (QED) is 0.127. The molecule has 0 saturated carbocycles. The summed E-state index contributed by atoms with van der Waals surface area (Å²) < 4.78 is 90.1. The molecule has 0 aliphatic rings. The Hall–Kier alpha value is -3.42. The van der Waals surface area contributed by atoms with Crippen LogP contribution >= 0.6 is 11.6 Å². The third-order valence-corrected chi connectivity index (χ3v) is 9.71. The fourth-order valence-electron chi connectivity index (χ4n) is 4.47. The Morgan fingerprint density at radius 2 is 1.41 bits per heavy atom. The Balaban J connectivity index is 1.38. The van der Waals surface area contributed by atoms with Gasteiger partial charge in [0.1, 0.15) is 5.75 Å². The van der Waals surface area contributed by atoms with Crippen molar-refractivity contribution >= 4 is 31.6 Å². The standard InChI is InChI=1S/C31H29ClF3NO6S2/c32-26-10-4-9-25(20-26)30(37)22-36(21-24-6-2-1-3-7-24)19-5-8-23-11-15-28(16-12-23)43(38,39)29-17-13-27(14-18-29)42-44(40,41)31(33,34)35/h1-4,6-7,9-18,20,30,37H,5,8,19,21-22H2/t30-/m0/s1. The molecule has 234 valence electrons. The van der Waals surface area contributed by atoms with Crippen molar-refractivity contribution in [3.8, 4) is 5.75 Å². The van der Waals surface area contributed by atoms with Gasteiger partial charge in [0.15, 0.2) is 0 Å². The Morgan fingerprint density at radius 3 is 2.00 bits per heavy atom. The number of halogens is 4. The lowest BCUT2D eigenvalue weighted by atomic mass is 10.1. The molecule has 0 unspecified atom stereocenters. The summed E-state index contributed by atoms with van der Waals surface area (Å²) in [6.45, 7) is 1.67. The van der Waals surface area contributed by atoms with Crippen molar-refractivity contribution in [2.75, 3.05) is 13.1 Å². The first-order valence-electron chi connectivity index (χ1n) is 13.4. The number of alkyl halides is 3. The summed E-state index contributed by atoms with van der Waals surface area (Å²) in [4.78, 5) is 1.87. The summed E-state index contributed by atoms with van der Waals surface area (Å²) in [6.07, 6.45) is 0.624. The number of hydrogen-bond acceptors (Lipinski definition) is 7. The highest BCUT2D eigenvalue weighted by Gasteiger charge is 2.48. The van der Waals surface area contributed by atoms with E-state index in [2.05, 4.69) is 9.08 Å². The van der Waals surface area contributed by atoms with Gasteiger partial charge < -0.3 is 9.29 Å². The monoisotopic (exact) mass is 667 g/mol. The highest BCUT2D eigenvalue weighted by atomic mass is 35.5. The zero-order valence-electron chi connectivity index (χ0n) is 23.2. The summed E-state index contributed by atoms with van der Waals surface area (Å²) in [5, 5.41) is 11.4. The second-order valence-corrected chi connectivity index (χ2v) is 13.9. The molecule has 1 atom stereocenters. The van der Waals surface area contributed by atoms with Crippen LogP contribution in [0, 0.1) is 0 Å². The molecule has 4 aromatic rings. The van der Waals surface area contributed by atoms with Crippen LogP contribution in [0.25, 0.3) is 0 Å². The highest BCUT2D eigenvalue weighted by molar-refractivity contribution is 7.91. The van der Waals surface area contributed by atoms with Crippen LogP contribution in [-0.4, -0.2) is 45.4 Å². The summed E-state index contributed by atoms with van der Waals surface area (Å²) in [5.74, 6) is -0.669. The van der Waals surface area contributed by atoms with Crippen molar-refractivity contribution in [1.29, 1.82) is 0 Å². The third-order valence-electron chi connectivity index (χ3n) is 6.71. The van der Waals surface area contributed by atoms with Gasteiger partial charge >= 0.3 is 15.6 Å². The average Bonchev–Trinajstić information content (AvgIpc) is 2.97. The van der Waals surface area contributed by atoms with Gasteiger partial charge in [0.25, 0.3) is 0 Å². The fraction of sp³-hybridized carbons (Fsp3) is 0.226. The van der Waals surface area contributed by atoms with E-state index in [1.807, 2.05) is 36.4 Å². The van der Waals surface area contributed by atoms with E-state index < -0.39 is 37.3 Å². The molecule has 0 radical (unpaired) electrons. The van der Waals surface area contributed by atoms with Crippen molar-refractivity contribution in [3.63, 3.8) is 0 Å². The van der Waals surface area contributed by atoms with Crippen LogP contribution in [-0.2, 0) is 32.9 Å². The van der Waals surface area contributed by atoms with Gasteiger partial charge in [-0.2, -0.15) is 21.6 Å². The van der Waals surface area contributed by atoms with E-state index in [1.54, 1.807) is 30.3 Å². The normalized spacial score (nSPS) is 13.1. The van der Waals surface area contributed by atoms with Crippen LogP contribution in [0.2, 0.25) is 5.02 Å². The van der Waals surface area contributed by atoms with Gasteiger partial charge in [-0.15, -0.1) is 0 Å². The minimum absolute atomic E-state index is 0.0341. The molecule has 4 aromatic carbocycles. The van der Waals surface area contributed by atoms with Gasteiger partial charge in [-0.25, -0.2) is 8.42 Å². The van der Waals surface area contributed by atoms with Crippen LogP contribution < -0.4 is 4.18 Å². The number of rotatable bonds is 13. The Bertz CT molecular complexity index is 1750. The fourth-order valence-corrected chi connectivity index (χ4v) is 6.39. The van der Waals surface area contributed by atoms with E-state index in [0.29, 0.717) is 31.1 Å². The third kappa shape index (κ3) is 8.82. The van der Waals surface area contributed by atoms with Crippen molar-refractivity contribution < 1.29 is 39.3 Å². The molecule has 7 nitrogen and oxygen atoms in total. The van der Waals surface area contributed by atoms with Gasteiger partial charge in [-0.3, -0.25) is 4.90 Å². The van der Waals surface area contributed by atoms with E-state index in [-0.39, 0.29) is 9.79 Å². The van der Waals surface area contributed by atoms with Crippen LogP contribution in [0.3, 0.4) is 0 Å². The van der Waals surface area contributed by atoms with Crippen molar-refractivity contribution in [3.05, 3.63) is 125 Å². The van der Waals surface area contributed by atoms with Crippen LogP contribution in [0.15, 0.2) is 113 Å². The number of aliphatic hydroxyl groups excluding tert-OH is 1. The maximum Gasteiger partial charge on any atom is 0.534 e. The minimum Gasteiger partial charge on any atom is -0.387 e. The molecule has 13 heteroatoms. The molecule has 0 aromatic heterocycles. The predicted octanol–water partition coefficient (Wildman–Crippen LogP) is 6.57. The molecule has 0 heterocycles. The number of hydrogen-bond donors (Lipinski definition) is 1. The maximum absolute atomic E-state index is 13.0. The molecular weight excluding hydrogens is 639 g/mol. The second-order valence-electron chi connectivity index (χ2n) is 10.00. The molecule has 0 amide bonds. The SMILES string of the molecule is O=S(=O)(c1ccc(CCCN(Cc2ccccc2)C[C@H](O)c2cccc(Cl)c2)cc1)c1ccc(OS(=O)(=O)C(F)(F)F)cc1. The second kappa shape index (κ2) is 14.1. The van der Waals surface area contributed by atoms with Gasteiger partial charge in [0.05, 0.1) is 15.9 Å². The lowest BCUT2D eigenvalue weighted by Crippen LogP contribution is -2.29. The lowest BCUT2D eigenvalue weighted by Gasteiger charge is -2.25. The Kier molecular flexibility index (Phi) is 10.7. The number of aliphatic hydroxyl groups is 1. The predicted molar refractivity (Wildman–Crippen MR) is 160 cm³/mol. The van der Waals surface area contributed by atoms with E-state index >= 15 is 0 Å². The number of aryl methyl sites for hydroxylation is 1. The van der Waals surface area contributed by atoms with Crippen molar-refractivity contribution in [2.45, 2.75) is 40.8 Å². The van der Waals surface area contributed by atoms with E-state index in [1.165, 1.54) is 12.1 Å². The lowest BCUT2D eigenvalue weighted by molar-refractivity contribution is -0.0500. The van der Waals surface area contributed by atoms with Crippen LogP contribution in [0.1, 0.15) is 29.2 Å². The molecule has 1 N–H and O–H groups in total. The zero-order chi connectivity index (χ0) is 32.0. The Labute approximate surface area is 259 Å². The molecule has 44 heavy (non-hydrogen) atoms. The first kappa shape index (κ1) is 33.5. The van der Waals surface area contributed by atoms with Crippen LogP contribution in [0.5, 0.6) is 5.75 Å². The highest BCUT2D eigenvalue weighted by Crippen LogP contribution is 2.29. The minimum atomic E-state index is -5.88. The molecule has 0 aliphatic carbocycles. The molecule has 0 spiro atoms. The topological polar surface area (TPSA) is 101 Å². The number of nitrogens with zero attached hydrogens (tertiary/aromatic N) is 1. The summed E-state index contributed by atoms with van der Waals surface area (Å²) in [7, 11) is -9.90. The average molecular weight is 668 g/mol. The molecule has 4 rings (SSSR count). The van der Waals surface area contributed by atoms with Gasteiger partial charge in [-0.05, 0) is 84.6 Å². The number of sulfone groups is 1. The summed E-state index contributed by atoms with van der Waals surface area (Å²) in [6, 6.07) is 26.9. The number of benzene rings is 4. The first-order valence-corrected chi connectivity index (χ1v) is 16.7. The van der Waals surface area contributed by atoms with Gasteiger partial charge in [0.2, 0.25) is 9.84 Å². The maximum atomic E-state index is 13.0. The van der Waals surface area contributed by atoms with Crippen LogP contribution in [0.4, 0.5) is 13.2 Å². The van der Waals surface area contributed by atoms with E-state index in [4.69, 9.17) is 11.6 Å². The molecule has 0 saturated heterocycles. The molecule has 0 aliphatic heterocycles. The molecule has 0 bridgehead atoms. The molecule has 0 fully saturated rings. The summed E-state index contributed by atoms with van der Waals surface area (Å²) in [5.41, 5.74) is -2.90.